The fourth-order valence-electron chi connectivity index (χ4n) is 2.73. The van der Waals surface area contributed by atoms with Gasteiger partial charge in [0.1, 0.15) is 5.75 Å². The van der Waals surface area contributed by atoms with E-state index in [0.29, 0.717) is 34.6 Å². The molecule has 2 N–H and O–H groups in total. The Morgan fingerprint density at radius 2 is 1.93 bits per heavy atom. The number of amides is 2. The molecule has 1 aliphatic heterocycles. The Morgan fingerprint density at radius 3 is 2.54 bits per heavy atom. The van der Waals surface area contributed by atoms with Crippen LogP contribution in [0.4, 0.5) is 5.69 Å². The van der Waals surface area contributed by atoms with E-state index in [9.17, 15) is 9.59 Å². The number of nitrogens with two attached hydrogens (primary N) is 1. The van der Waals surface area contributed by atoms with Gasteiger partial charge in [0.15, 0.2) is 5.17 Å². The Balaban J connectivity index is 1.83. The number of rotatable bonds is 6. The summed E-state index contributed by atoms with van der Waals surface area (Å²) in [6.45, 7) is 0.452. The third-order valence-electron chi connectivity index (χ3n) is 4.29. The molecule has 8 heteroatoms. The first-order valence-corrected chi connectivity index (χ1v) is 9.95. The molecule has 0 radical (unpaired) electrons. The van der Waals surface area contributed by atoms with Gasteiger partial charge in [-0.2, -0.15) is 0 Å². The molecule has 1 unspecified atom stereocenters. The molecule has 2 aromatic rings. The summed E-state index contributed by atoms with van der Waals surface area (Å²) in [4.78, 5) is 30.5. The lowest BCUT2D eigenvalue weighted by Crippen LogP contribution is -2.46. The Labute approximate surface area is 172 Å². The van der Waals surface area contributed by atoms with Crippen LogP contribution >= 0.6 is 23.4 Å². The Morgan fingerprint density at radius 1 is 1.25 bits per heavy atom. The van der Waals surface area contributed by atoms with Gasteiger partial charge in [0, 0.05) is 18.0 Å². The number of halogens is 1. The van der Waals surface area contributed by atoms with Crippen molar-refractivity contribution in [1.29, 1.82) is 0 Å². The van der Waals surface area contributed by atoms with Crippen LogP contribution in [0.2, 0.25) is 5.02 Å². The van der Waals surface area contributed by atoms with E-state index in [1.54, 1.807) is 36.3 Å². The van der Waals surface area contributed by atoms with Crippen LogP contribution in [0.15, 0.2) is 53.5 Å². The van der Waals surface area contributed by atoms with Crippen molar-refractivity contribution in [2.75, 3.05) is 13.7 Å². The molecule has 1 aliphatic rings. The van der Waals surface area contributed by atoms with Crippen LogP contribution in [0.25, 0.3) is 0 Å². The number of amidine groups is 1. The molecule has 0 aromatic heterocycles. The average molecular weight is 418 g/mol. The van der Waals surface area contributed by atoms with Crippen molar-refractivity contribution in [3.63, 3.8) is 0 Å². The number of hydrogen-bond donors (Lipinski definition) is 1. The van der Waals surface area contributed by atoms with Gasteiger partial charge in [-0.3, -0.25) is 14.5 Å². The van der Waals surface area contributed by atoms with Gasteiger partial charge in [-0.05, 0) is 48.4 Å². The van der Waals surface area contributed by atoms with Crippen LogP contribution in [0, 0.1) is 0 Å². The van der Waals surface area contributed by atoms with Crippen molar-refractivity contribution in [1.82, 2.24) is 4.90 Å². The van der Waals surface area contributed by atoms with Gasteiger partial charge in [-0.25, -0.2) is 4.99 Å². The van der Waals surface area contributed by atoms with E-state index in [2.05, 4.69) is 4.99 Å². The average Bonchev–Trinajstić information content (AvgIpc) is 2.69. The highest BCUT2D eigenvalue weighted by molar-refractivity contribution is 8.15. The zero-order chi connectivity index (χ0) is 20.1. The van der Waals surface area contributed by atoms with E-state index in [4.69, 9.17) is 22.1 Å². The molecule has 28 heavy (non-hydrogen) atoms. The number of benzene rings is 2. The quantitative estimate of drug-likeness (QED) is 0.780. The van der Waals surface area contributed by atoms with Crippen molar-refractivity contribution in [3.05, 3.63) is 59.1 Å². The molecule has 2 amide bonds. The topological polar surface area (TPSA) is 85.0 Å². The lowest BCUT2D eigenvalue weighted by molar-refractivity contribution is -0.129. The maximum Gasteiger partial charge on any atom is 0.231 e. The van der Waals surface area contributed by atoms with Crippen LogP contribution in [0.5, 0.6) is 5.75 Å². The third-order valence-corrected chi connectivity index (χ3v) is 5.75. The number of ether oxygens (including phenoxy) is 1. The number of aliphatic imine (C=N–C) groups is 1. The van der Waals surface area contributed by atoms with Crippen LogP contribution in [0.1, 0.15) is 12.0 Å². The van der Waals surface area contributed by atoms with Gasteiger partial charge in [-0.15, -0.1) is 0 Å². The third kappa shape index (κ3) is 5.05. The summed E-state index contributed by atoms with van der Waals surface area (Å²) in [7, 11) is 1.59. The second-order valence-corrected chi connectivity index (χ2v) is 7.83. The smallest absolute Gasteiger partial charge is 0.231 e. The van der Waals surface area contributed by atoms with Crippen LogP contribution < -0.4 is 10.5 Å². The summed E-state index contributed by atoms with van der Waals surface area (Å²) in [5, 5.41) is 0.523. The van der Waals surface area contributed by atoms with Gasteiger partial charge in [0.05, 0.1) is 18.0 Å². The second kappa shape index (κ2) is 9.12. The van der Waals surface area contributed by atoms with Crippen LogP contribution in [-0.2, 0) is 16.0 Å². The zero-order valence-electron chi connectivity index (χ0n) is 15.3. The summed E-state index contributed by atoms with van der Waals surface area (Å²) in [5.74, 6) is 0.0350. The summed E-state index contributed by atoms with van der Waals surface area (Å²) in [6, 6.07) is 14.7. The van der Waals surface area contributed by atoms with E-state index in [-0.39, 0.29) is 12.3 Å². The molecule has 6 nitrogen and oxygen atoms in total. The van der Waals surface area contributed by atoms with Crippen molar-refractivity contribution in [2.24, 2.45) is 10.7 Å². The first kappa shape index (κ1) is 20.2. The second-order valence-electron chi connectivity index (χ2n) is 6.23. The van der Waals surface area contributed by atoms with Crippen molar-refractivity contribution in [2.45, 2.75) is 18.1 Å². The molecule has 1 saturated heterocycles. The molecule has 0 aliphatic carbocycles. The normalized spacial score (nSPS) is 18.4. The molecule has 2 aromatic carbocycles. The molecule has 0 saturated carbocycles. The van der Waals surface area contributed by atoms with Crippen molar-refractivity contribution >= 4 is 46.0 Å². The molecular weight excluding hydrogens is 398 g/mol. The Kier molecular flexibility index (Phi) is 6.59. The minimum atomic E-state index is -0.615. The minimum Gasteiger partial charge on any atom is -0.497 e. The number of carbonyl (C=O) groups excluding carboxylic acids is 2. The van der Waals surface area contributed by atoms with E-state index in [1.807, 2.05) is 24.3 Å². The summed E-state index contributed by atoms with van der Waals surface area (Å²) in [5.41, 5.74) is 7.16. The lowest BCUT2D eigenvalue weighted by atomic mass is 10.1. The summed E-state index contributed by atoms with van der Waals surface area (Å²) in [6.07, 6.45) is 0.717. The summed E-state index contributed by atoms with van der Waals surface area (Å²) >= 11 is 7.15. The van der Waals surface area contributed by atoms with E-state index >= 15 is 0 Å². The fraction of sp³-hybridized carbons (Fsp3) is 0.250. The molecule has 1 heterocycles. The van der Waals surface area contributed by atoms with E-state index in [0.717, 1.165) is 5.56 Å². The predicted octanol–water partition coefficient (Wildman–Crippen LogP) is 3.40. The van der Waals surface area contributed by atoms with E-state index in [1.165, 1.54) is 11.8 Å². The zero-order valence-corrected chi connectivity index (χ0v) is 16.9. The number of nitrogens with zero attached hydrogens (tertiary/aromatic N) is 2. The number of methoxy groups -OCH3 is 1. The van der Waals surface area contributed by atoms with Gasteiger partial charge in [0.25, 0.3) is 0 Å². The maximum absolute atomic E-state index is 12.7. The lowest BCUT2D eigenvalue weighted by Gasteiger charge is -2.31. The van der Waals surface area contributed by atoms with Crippen molar-refractivity contribution < 1.29 is 14.3 Å². The Bertz CT molecular complexity index is 885. The van der Waals surface area contributed by atoms with Crippen molar-refractivity contribution in [3.8, 4) is 5.75 Å². The number of thioether (sulfide) groups is 1. The standard InChI is InChI=1S/C20H20ClN3O3S/c1-27-16-8-6-15(7-9-16)23-20-24(18(25)12-17(28-20)19(22)26)11-10-13-2-4-14(21)5-3-13/h2-9,17H,10-12H2,1H3,(H2,22,26). The molecule has 1 atom stereocenters. The highest BCUT2D eigenvalue weighted by Crippen LogP contribution is 2.29. The van der Waals surface area contributed by atoms with Gasteiger partial charge < -0.3 is 10.5 Å². The molecular formula is C20H20ClN3O3S. The summed E-state index contributed by atoms with van der Waals surface area (Å²) < 4.78 is 5.15. The minimum absolute atomic E-state index is 0.0717. The number of primary amides is 1. The number of hydrogen-bond acceptors (Lipinski definition) is 5. The molecule has 0 spiro atoms. The SMILES string of the molecule is COc1ccc(N=C2SC(C(N)=O)CC(=O)N2CCc2ccc(Cl)cc2)cc1. The Hall–Kier alpha value is -2.51. The highest BCUT2D eigenvalue weighted by Gasteiger charge is 2.34. The molecule has 1 fully saturated rings. The monoisotopic (exact) mass is 417 g/mol. The molecule has 0 bridgehead atoms. The highest BCUT2D eigenvalue weighted by atomic mass is 35.5. The van der Waals surface area contributed by atoms with Gasteiger partial charge in [-0.1, -0.05) is 35.5 Å². The van der Waals surface area contributed by atoms with Crippen LogP contribution in [-0.4, -0.2) is 40.8 Å². The molecule has 3 rings (SSSR count). The first-order chi connectivity index (χ1) is 13.5. The van der Waals surface area contributed by atoms with Gasteiger partial charge >= 0.3 is 0 Å². The number of carbonyl (C=O) groups is 2. The largest absolute Gasteiger partial charge is 0.497 e. The van der Waals surface area contributed by atoms with Gasteiger partial charge in [0.2, 0.25) is 11.8 Å². The fourth-order valence-corrected chi connectivity index (χ4v) is 3.93. The maximum atomic E-state index is 12.7. The first-order valence-electron chi connectivity index (χ1n) is 8.70. The molecule has 146 valence electrons. The predicted molar refractivity (Wildman–Crippen MR) is 112 cm³/mol. The van der Waals surface area contributed by atoms with Crippen LogP contribution in [0.3, 0.4) is 0 Å². The van der Waals surface area contributed by atoms with E-state index < -0.39 is 11.2 Å².